The molecule has 6 nitrogen and oxygen atoms in total. The van der Waals surface area contributed by atoms with Gasteiger partial charge in [0.15, 0.2) is 0 Å². The van der Waals surface area contributed by atoms with Crippen molar-refractivity contribution in [3.05, 3.63) is 87.1 Å². The van der Waals surface area contributed by atoms with Crippen LogP contribution in [0.15, 0.2) is 60.0 Å². The van der Waals surface area contributed by atoms with E-state index >= 15 is 0 Å². The second-order valence-electron chi connectivity index (χ2n) is 8.90. The number of nitrogens with one attached hydrogen (secondary N) is 1. The number of methoxy groups -OCH3 is 1. The average molecular weight is 588 g/mol. The van der Waals surface area contributed by atoms with Gasteiger partial charge in [0, 0.05) is 30.8 Å². The molecule has 216 valence electrons. The van der Waals surface area contributed by atoms with Gasteiger partial charge in [-0.05, 0) is 47.7 Å². The van der Waals surface area contributed by atoms with E-state index in [0.29, 0.717) is 12.1 Å². The van der Waals surface area contributed by atoms with Crippen molar-refractivity contribution in [3.8, 4) is 0 Å². The number of nitrogens with zero attached hydrogens (tertiary/aromatic N) is 2. The predicted molar refractivity (Wildman–Crippen MR) is 139 cm³/mol. The van der Waals surface area contributed by atoms with Gasteiger partial charge >= 0.3 is 18.4 Å². The van der Waals surface area contributed by atoms with Crippen molar-refractivity contribution in [2.24, 2.45) is 0 Å². The van der Waals surface area contributed by atoms with E-state index in [0.717, 1.165) is 20.9 Å². The molecule has 13 heteroatoms. The summed E-state index contributed by atoms with van der Waals surface area (Å²) in [6.07, 6.45) is -10.2. The highest BCUT2D eigenvalue weighted by Gasteiger charge is 2.37. The molecule has 0 radical (unpaired) electrons. The highest BCUT2D eigenvalue weighted by molar-refractivity contribution is 7.10. The van der Waals surface area contributed by atoms with Crippen LogP contribution in [-0.4, -0.2) is 48.5 Å². The van der Waals surface area contributed by atoms with Gasteiger partial charge in [0.05, 0.1) is 24.3 Å². The van der Waals surface area contributed by atoms with Crippen molar-refractivity contribution in [1.29, 1.82) is 0 Å². The van der Waals surface area contributed by atoms with Gasteiger partial charge in [0.1, 0.15) is 6.54 Å². The van der Waals surface area contributed by atoms with Gasteiger partial charge in [0.25, 0.3) is 0 Å². The van der Waals surface area contributed by atoms with Crippen LogP contribution < -0.4 is 5.32 Å². The highest BCUT2D eigenvalue weighted by Crippen LogP contribution is 2.37. The zero-order chi connectivity index (χ0) is 29.5. The summed E-state index contributed by atoms with van der Waals surface area (Å²) in [5, 5.41) is 3.97. The lowest BCUT2D eigenvalue weighted by atomic mass is 10.1. The number of thiophene rings is 1. The summed E-state index contributed by atoms with van der Waals surface area (Å²) in [4.78, 5) is 30.0. The molecule has 1 aromatic heterocycles. The van der Waals surface area contributed by atoms with Crippen LogP contribution in [0.2, 0.25) is 0 Å². The third kappa shape index (κ3) is 8.71. The highest BCUT2D eigenvalue weighted by atomic mass is 32.1. The predicted octanol–water partition coefficient (Wildman–Crippen LogP) is 6.80. The number of carbonyl (C=O) groups is 2. The number of alkyl halides is 6. The lowest BCUT2D eigenvalue weighted by molar-refractivity contribution is -0.143. The maximum Gasteiger partial charge on any atom is 0.416 e. The summed E-state index contributed by atoms with van der Waals surface area (Å²) < 4.78 is 84.6. The molecule has 0 aliphatic rings. The van der Waals surface area contributed by atoms with Crippen molar-refractivity contribution in [2.75, 3.05) is 32.1 Å². The summed E-state index contributed by atoms with van der Waals surface area (Å²) >= 11 is 1.46. The largest absolute Gasteiger partial charge is 0.416 e. The second kappa shape index (κ2) is 13.2. The first-order valence-electron chi connectivity index (χ1n) is 12.0. The summed E-state index contributed by atoms with van der Waals surface area (Å²) in [6, 6.07) is 10.8. The molecule has 0 aliphatic carbocycles. The smallest absolute Gasteiger partial charge is 0.383 e. The van der Waals surface area contributed by atoms with Crippen LogP contribution in [0.3, 0.4) is 0 Å². The maximum absolute atomic E-state index is 13.5. The van der Waals surface area contributed by atoms with Gasteiger partial charge in [-0.25, -0.2) is 4.79 Å². The number of amides is 3. The number of halogens is 6. The van der Waals surface area contributed by atoms with E-state index in [1.807, 2.05) is 48.7 Å². The first-order chi connectivity index (χ1) is 18.8. The van der Waals surface area contributed by atoms with Crippen LogP contribution in [0.4, 0.5) is 36.8 Å². The van der Waals surface area contributed by atoms with Gasteiger partial charge in [-0.3, -0.25) is 4.79 Å². The molecular formula is C27H27F6N3O3S. The third-order valence-corrected chi connectivity index (χ3v) is 6.90. The number of anilines is 1. The first-order valence-corrected chi connectivity index (χ1v) is 12.8. The standard InChI is InChI=1S/C27H27F6N3O3S/c1-18-8-11-40-23(18)16-36(15-19-6-4-3-5-7-19)24(37)17-35(9-10-39-2)25(38)34-22-13-20(26(28,29)30)12-21(14-22)27(31,32)33/h3-8,11-14H,9-10,15-17H2,1-2H3,(H,34,38). The minimum absolute atomic E-state index is 0.0280. The van der Waals surface area contributed by atoms with Crippen molar-refractivity contribution in [2.45, 2.75) is 32.4 Å². The van der Waals surface area contributed by atoms with Crippen molar-refractivity contribution >= 4 is 29.0 Å². The van der Waals surface area contributed by atoms with Gasteiger partial charge in [0.2, 0.25) is 5.91 Å². The van der Waals surface area contributed by atoms with E-state index in [9.17, 15) is 35.9 Å². The minimum Gasteiger partial charge on any atom is -0.383 e. The number of aryl methyl sites for hydroxylation is 1. The van der Waals surface area contributed by atoms with Crippen molar-refractivity contribution in [1.82, 2.24) is 9.80 Å². The maximum atomic E-state index is 13.5. The fourth-order valence-electron chi connectivity index (χ4n) is 3.72. The molecule has 40 heavy (non-hydrogen) atoms. The summed E-state index contributed by atoms with van der Waals surface area (Å²) in [6.45, 7) is 1.71. The fraction of sp³-hybridized carbons (Fsp3) is 0.333. The molecule has 0 aliphatic heterocycles. The molecule has 0 bridgehead atoms. The molecule has 3 amide bonds. The lowest BCUT2D eigenvalue weighted by Crippen LogP contribution is -2.45. The Balaban J connectivity index is 1.85. The Hall–Kier alpha value is -3.58. The van der Waals surface area contributed by atoms with Crippen LogP contribution >= 0.6 is 11.3 Å². The van der Waals surface area contributed by atoms with Crippen LogP contribution in [-0.2, 0) is 35.0 Å². The lowest BCUT2D eigenvalue weighted by Gasteiger charge is -2.28. The average Bonchev–Trinajstić information content (AvgIpc) is 3.29. The van der Waals surface area contributed by atoms with Gasteiger partial charge in [-0.2, -0.15) is 26.3 Å². The summed E-state index contributed by atoms with van der Waals surface area (Å²) in [7, 11) is 1.35. The molecule has 0 spiro atoms. The van der Waals surface area contributed by atoms with Crippen LogP contribution in [0.1, 0.15) is 27.1 Å². The molecule has 1 N–H and O–H groups in total. The number of carbonyl (C=O) groups excluding carboxylic acids is 2. The minimum atomic E-state index is -5.08. The molecule has 3 rings (SSSR count). The Bertz CT molecular complexity index is 1260. The molecule has 3 aromatic rings. The number of urea groups is 1. The molecule has 1 heterocycles. The number of benzene rings is 2. The van der Waals surface area contributed by atoms with Gasteiger partial charge in [-0.15, -0.1) is 11.3 Å². The SMILES string of the molecule is COCCN(CC(=O)N(Cc1ccccc1)Cc1sccc1C)C(=O)Nc1cc(C(F)(F)F)cc(C(F)(F)F)c1. The topological polar surface area (TPSA) is 61.9 Å². The molecule has 2 aromatic carbocycles. The van der Waals surface area contributed by atoms with Crippen molar-refractivity contribution in [3.63, 3.8) is 0 Å². The molecule has 0 unspecified atom stereocenters. The van der Waals surface area contributed by atoms with E-state index in [-0.39, 0.29) is 32.3 Å². The number of rotatable bonds is 10. The Labute approximate surface area is 231 Å². The second-order valence-corrected chi connectivity index (χ2v) is 9.90. The molecule has 0 saturated carbocycles. The quantitative estimate of drug-likeness (QED) is 0.266. The van der Waals surface area contributed by atoms with Gasteiger partial charge in [-0.1, -0.05) is 30.3 Å². The Morgan fingerprint density at radius 2 is 1.52 bits per heavy atom. The summed E-state index contributed by atoms with van der Waals surface area (Å²) in [5.41, 5.74) is -2.04. The Morgan fingerprint density at radius 1 is 0.900 bits per heavy atom. The Kier molecular flexibility index (Phi) is 10.2. The third-order valence-electron chi connectivity index (χ3n) is 5.89. The van der Waals surface area contributed by atoms with E-state index in [4.69, 9.17) is 4.74 Å². The van der Waals surface area contributed by atoms with Crippen LogP contribution in [0.5, 0.6) is 0 Å². The normalized spacial score (nSPS) is 11.8. The molecule has 0 atom stereocenters. The summed E-state index contributed by atoms with van der Waals surface area (Å²) in [5.74, 6) is -0.470. The fourth-order valence-corrected chi connectivity index (χ4v) is 4.64. The zero-order valence-electron chi connectivity index (χ0n) is 21.6. The molecule has 0 saturated heterocycles. The number of hydrogen-bond donors (Lipinski definition) is 1. The van der Waals surface area contributed by atoms with Crippen LogP contribution in [0, 0.1) is 6.92 Å². The molecule has 0 fully saturated rings. The van der Waals surface area contributed by atoms with E-state index in [1.54, 1.807) is 0 Å². The number of hydrogen-bond acceptors (Lipinski definition) is 4. The van der Waals surface area contributed by atoms with Crippen molar-refractivity contribution < 1.29 is 40.7 Å². The van der Waals surface area contributed by atoms with E-state index in [1.165, 1.54) is 23.3 Å². The Morgan fingerprint density at radius 3 is 2.05 bits per heavy atom. The van der Waals surface area contributed by atoms with E-state index in [2.05, 4.69) is 5.32 Å². The number of ether oxygens (including phenoxy) is 1. The first kappa shape index (κ1) is 31.0. The van der Waals surface area contributed by atoms with E-state index < -0.39 is 47.6 Å². The van der Waals surface area contributed by atoms with Crippen LogP contribution in [0.25, 0.3) is 0 Å². The van der Waals surface area contributed by atoms with Gasteiger partial charge < -0.3 is 19.9 Å². The molecular weight excluding hydrogens is 560 g/mol. The zero-order valence-corrected chi connectivity index (χ0v) is 22.4. The monoisotopic (exact) mass is 587 g/mol.